The number of ether oxygens (including phenoxy) is 3. The molecule has 5 rings (SSSR count). The highest BCUT2D eigenvalue weighted by molar-refractivity contribution is 6.55. The van der Waals surface area contributed by atoms with Gasteiger partial charge in [-0.3, -0.25) is 4.79 Å². The quantitative estimate of drug-likeness (QED) is 0.146. The molecule has 4 aromatic rings. The Morgan fingerprint density at radius 3 is 2.58 bits per heavy atom. The van der Waals surface area contributed by atoms with Crippen LogP contribution in [0.1, 0.15) is 23.0 Å². The molecule has 12 nitrogen and oxygen atoms in total. The summed E-state index contributed by atoms with van der Waals surface area (Å²) in [6, 6.07) is 3.73. The summed E-state index contributed by atoms with van der Waals surface area (Å²) in [4.78, 5) is 34.3. The molecule has 45 heavy (non-hydrogen) atoms. The van der Waals surface area contributed by atoms with Gasteiger partial charge in [0.2, 0.25) is 0 Å². The van der Waals surface area contributed by atoms with Crippen molar-refractivity contribution in [2.75, 3.05) is 31.7 Å². The van der Waals surface area contributed by atoms with Gasteiger partial charge in [0.05, 0.1) is 42.7 Å². The minimum absolute atomic E-state index is 0.0197. The maximum absolute atomic E-state index is 15.3. The van der Waals surface area contributed by atoms with Crippen LogP contribution < -0.4 is 20.7 Å². The Hall–Kier alpha value is -4.34. The maximum atomic E-state index is 15.3. The summed E-state index contributed by atoms with van der Waals surface area (Å²) in [6.45, 7) is 8.70. The molecule has 0 unspecified atom stereocenters. The van der Waals surface area contributed by atoms with E-state index in [1.165, 1.54) is 12.3 Å². The number of aryl methyl sites for hydroxylation is 1. The van der Waals surface area contributed by atoms with Gasteiger partial charge in [0.25, 0.3) is 5.91 Å². The molecule has 15 heteroatoms. The Balaban J connectivity index is 1.39. The predicted molar refractivity (Wildman–Crippen MR) is 166 cm³/mol. The van der Waals surface area contributed by atoms with Crippen LogP contribution in [0.3, 0.4) is 0 Å². The zero-order chi connectivity index (χ0) is 32.1. The molecular weight excluding hydrogens is 604 g/mol. The topological polar surface area (TPSA) is 134 Å². The van der Waals surface area contributed by atoms with Gasteiger partial charge in [-0.25, -0.2) is 23.5 Å². The summed E-state index contributed by atoms with van der Waals surface area (Å²) >= 11 is 0. The molecule has 4 heterocycles. The molecule has 0 aliphatic carbocycles. The van der Waals surface area contributed by atoms with Gasteiger partial charge in [-0.15, -0.1) is 0 Å². The number of halogens is 2. The lowest BCUT2D eigenvalue weighted by Crippen LogP contribution is -2.49. The van der Waals surface area contributed by atoms with Crippen molar-refractivity contribution in [3.8, 4) is 11.5 Å². The van der Waals surface area contributed by atoms with Crippen molar-refractivity contribution in [1.29, 1.82) is 0 Å². The molecule has 1 aromatic carbocycles. The number of hydrogen-bond donors (Lipinski definition) is 3. The van der Waals surface area contributed by atoms with E-state index >= 15 is 8.78 Å². The van der Waals surface area contributed by atoms with Crippen molar-refractivity contribution in [2.45, 2.75) is 39.3 Å². The van der Waals surface area contributed by atoms with Crippen molar-refractivity contribution in [2.24, 2.45) is 12.5 Å². The zero-order valence-electron chi connectivity index (χ0n) is 25.7. The molecule has 0 atom stereocenters. The number of hydrogen-bond acceptors (Lipinski definition) is 7. The summed E-state index contributed by atoms with van der Waals surface area (Å²) < 4.78 is 50.8. The fourth-order valence-corrected chi connectivity index (χ4v) is 5.34. The number of nitrogens with zero attached hydrogens (tertiary/aromatic N) is 4. The van der Waals surface area contributed by atoms with Crippen LogP contribution in [0.5, 0.6) is 11.5 Å². The Labute approximate surface area is 260 Å². The zero-order valence-corrected chi connectivity index (χ0v) is 26.8. The predicted octanol–water partition coefficient (Wildman–Crippen LogP) is 4.39. The molecule has 3 aromatic heterocycles. The monoisotopic (exact) mass is 641 g/mol. The first-order valence-corrected chi connectivity index (χ1v) is 17.7. The van der Waals surface area contributed by atoms with Crippen LogP contribution in [-0.2, 0) is 29.8 Å². The minimum atomic E-state index is -1.04. The number of nitrogens with one attached hydrogen (secondary N) is 3. The van der Waals surface area contributed by atoms with Gasteiger partial charge in [0.15, 0.2) is 17.4 Å². The van der Waals surface area contributed by atoms with Crippen LogP contribution in [0.25, 0.3) is 11.0 Å². The number of rotatable bonds is 13. The third-order valence-electron chi connectivity index (χ3n) is 7.43. The highest BCUT2D eigenvalue weighted by Gasteiger charge is 2.33. The van der Waals surface area contributed by atoms with Crippen molar-refractivity contribution in [3.05, 3.63) is 66.0 Å². The van der Waals surface area contributed by atoms with E-state index in [4.69, 9.17) is 14.2 Å². The van der Waals surface area contributed by atoms with E-state index in [9.17, 15) is 9.59 Å². The van der Waals surface area contributed by atoms with Crippen LogP contribution in [0.2, 0.25) is 19.1 Å². The van der Waals surface area contributed by atoms with Gasteiger partial charge in [0.1, 0.15) is 18.1 Å². The molecule has 240 valence electrons. The Morgan fingerprint density at radius 2 is 1.93 bits per heavy atom. The normalized spacial score (nSPS) is 13.9. The van der Waals surface area contributed by atoms with Gasteiger partial charge in [-0.1, -0.05) is 20.0 Å². The van der Waals surface area contributed by atoms with Crippen LogP contribution in [0.4, 0.5) is 19.3 Å². The van der Waals surface area contributed by atoms with Gasteiger partial charge in [0, 0.05) is 70.8 Å². The van der Waals surface area contributed by atoms with Gasteiger partial charge < -0.3 is 39.3 Å². The number of aromatic nitrogens is 4. The first kappa shape index (κ1) is 32.1. The fourth-order valence-electron chi connectivity index (χ4n) is 4.71. The number of pyridine rings is 1. The van der Waals surface area contributed by atoms with Crippen molar-refractivity contribution in [3.63, 3.8) is 0 Å². The first-order chi connectivity index (χ1) is 21.5. The van der Waals surface area contributed by atoms with Crippen LogP contribution in [0, 0.1) is 17.0 Å². The number of imidazole rings is 1. The van der Waals surface area contributed by atoms with Gasteiger partial charge in [-0.05, 0) is 12.1 Å². The summed E-state index contributed by atoms with van der Waals surface area (Å²) in [5.41, 5.74) is 1.06. The third kappa shape index (κ3) is 7.66. The number of carbonyl (C=O) groups excluding carboxylic acids is 2. The van der Waals surface area contributed by atoms with Gasteiger partial charge in [-0.2, -0.15) is 0 Å². The Kier molecular flexibility index (Phi) is 9.79. The van der Waals surface area contributed by atoms with Crippen LogP contribution in [-0.4, -0.2) is 66.2 Å². The molecular formula is C30H37F2N7O5Si. The summed E-state index contributed by atoms with van der Waals surface area (Å²) in [7, 11) is 0.996. The molecule has 1 saturated heterocycles. The second kappa shape index (κ2) is 13.7. The molecule has 0 bridgehead atoms. The maximum Gasteiger partial charge on any atom is 0.319 e. The average molecular weight is 642 g/mol. The molecule has 1 aliphatic heterocycles. The number of urea groups is 1. The summed E-state index contributed by atoms with van der Waals surface area (Å²) in [5, 5.41) is 8.25. The largest absolute Gasteiger partial charge is 0.450 e. The highest BCUT2D eigenvalue weighted by Crippen LogP contribution is 2.36. The Morgan fingerprint density at radius 1 is 1.18 bits per heavy atom. The Bertz CT molecular complexity index is 1670. The van der Waals surface area contributed by atoms with E-state index in [0.717, 1.165) is 23.9 Å². The number of amides is 3. The van der Waals surface area contributed by atoms with E-state index in [0.29, 0.717) is 32.0 Å². The summed E-state index contributed by atoms with van der Waals surface area (Å²) in [5.74, 6) is -3.21. The van der Waals surface area contributed by atoms with Crippen LogP contribution >= 0.6 is 0 Å². The lowest BCUT2D eigenvalue weighted by molar-refractivity contribution is -0.0974. The van der Waals surface area contributed by atoms with Crippen molar-refractivity contribution >= 4 is 37.5 Å². The van der Waals surface area contributed by atoms with E-state index in [2.05, 4.69) is 39.0 Å². The second-order valence-electron chi connectivity index (χ2n) is 11.9. The number of fused-ring (bicyclic) bond motifs is 1. The molecule has 0 saturated carbocycles. The van der Waals surface area contributed by atoms with Crippen LogP contribution in [0.15, 0.2) is 43.1 Å². The van der Waals surface area contributed by atoms with E-state index < -0.39 is 38.1 Å². The fraction of sp³-hybridized carbons (Fsp3) is 0.400. The van der Waals surface area contributed by atoms with E-state index in [-0.39, 0.29) is 41.1 Å². The number of benzene rings is 1. The number of carbonyl (C=O) groups is 2. The molecule has 3 amide bonds. The van der Waals surface area contributed by atoms with E-state index in [1.807, 2.05) is 14.0 Å². The molecule has 1 aliphatic rings. The lowest BCUT2D eigenvalue weighted by atomic mass is 9.89. The van der Waals surface area contributed by atoms with Crippen molar-refractivity contribution < 1.29 is 32.6 Å². The average Bonchev–Trinajstić information content (AvgIpc) is 3.57. The third-order valence-corrected chi connectivity index (χ3v) is 8.82. The molecule has 3 N–H and O–H groups in total. The van der Waals surface area contributed by atoms with E-state index in [1.54, 1.807) is 27.9 Å². The smallest absolute Gasteiger partial charge is 0.319 e. The minimum Gasteiger partial charge on any atom is -0.450 e. The van der Waals surface area contributed by atoms with Gasteiger partial charge >= 0.3 is 6.03 Å². The standard InChI is InChI=1S/C30H37F2N7O5Si/c1-30(15-43-16-30)14-36-29(41)37-19-9-22(31)26(23(32)10-19)44-24-5-6-34-27-25(24)21(13-39(27)18-42-7-8-45(3)4)28(40)35-12-20-11-33-17-38(20)2/h5-6,9-11,13,17,45H,7-8,12,14-16,18H2,1-4H3,(H,35,40)(H2,36,37,41). The second-order valence-corrected chi connectivity index (χ2v) is 15.3. The highest BCUT2D eigenvalue weighted by atomic mass is 28.3. The number of anilines is 1. The SMILES string of the molecule is Cn1cncc1CNC(=O)c1cn(COCC[SiH](C)C)c2nccc(Oc3c(F)cc(NC(=O)NCC4(C)COC4)cc3F)c12. The summed E-state index contributed by atoms with van der Waals surface area (Å²) in [6.07, 6.45) is 6.28. The molecule has 1 fully saturated rings. The van der Waals surface area contributed by atoms with Crippen molar-refractivity contribution in [1.82, 2.24) is 29.7 Å². The molecule has 0 radical (unpaired) electrons. The molecule has 0 spiro atoms. The first-order valence-electron chi connectivity index (χ1n) is 14.6. The lowest BCUT2D eigenvalue weighted by Gasteiger charge is -2.37.